The molecule has 0 fully saturated rings. The Morgan fingerprint density at radius 3 is 2.64 bits per heavy atom. The molecule has 4 aromatic rings. The first-order chi connectivity index (χ1) is 13.1. The van der Waals surface area contributed by atoms with Gasteiger partial charge in [-0.1, -0.05) is 0 Å². The summed E-state index contributed by atoms with van der Waals surface area (Å²) in [5.74, 6) is -1.23. The van der Waals surface area contributed by atoms with E-state index in [1.54, 1.807) is 12.1 Å². The molecule has 1 N–H and O–H groups in total. The average molecular weight is 427 g/mol. The lowest BCUT2D eigenvalue weighted by molar-refractivity contribution is -0.0384. The quantitative estimate of drug-likeness (QED) is 0.483. The predicted octanol–water partition coefficient (Wildman–Crippen LogP) is 3.76. The van der Waals surface area contributed by atoms with Crippen molar-refractivity contribution in [1.29, 1.82) is 0 Å². The minimum absolute atomic E-state index is 0.00474. The van der Waals surface area contributed by atoms with E-state index in [4.69, 9.17) is 9.52 Å². The molecule has 0 spiro atoms. The number of imidazole rings is 1. The number of carbonyl (C=O) groups is 1. The number of alkyl halides is 3. The van der Waals surface area contributed by atoms with E-state index in [2.05, 4.69) is 22.6 Å². The lowest BCUT2D eigenvalue weighted by Crippen LogP contribution is -2.16. The van der Waals surface area contributed by atoms with Gasteiger partial charge >= 0.3 is 11.5 Å². The molecule has 28 heavy (non-hydrogen) atoms. The molecule has 0 saturated heterocycles. The number of halogens is 3. The number of rotatable bonds is 3. The third-order valence-corrected chi connectivity index (χ3v) is 5.28. The summed E-state index contributed by atoms with van der Waals surface area (Å²) in [7, 11) is -3.20. The van der Waals surface area contributed by atoms with Crippen LogP contribution in [-0.2, 0) is 10.8 Å². The van der Waals surface area contributed by atoms with Crippen LogP contribution in [0.3, 0.4) is 0 Å². The molecule has 1 unspecified atom stereocenters. The fourth-order valence-corrected chi connectivity index (χ4v) is 3.58. The molecule has 0 saturated carbocycles. The first-order valence-corrected chi connectivity index (χ1v) is 9.09. The molecule has 144 valence electrons. The largest absolute Gasteiger partial charge is 0.476 e. The first kappa shape index (κ1) is 18.5. The highest BCUT2D eigenvalue weighted by Crippen LogP contribution is 2.32. The van der Waals surface area contributed by atoms with E-state index in [0.29, 0.717) is 10.5 Å². The smallest absolute Gasteiger partial charge is 0.475 e. The summed E-state index contributed by atoms with van der Waals surface area (Å²) in [6.45, 7) is 0. The Bertz CT molecular complexity index is 1280. The van der Waals surface area contributed by atoms with E-state index in [0.717, 1.165) is 12.1 Å². The molecule has 0 aliphatic carbocycles. The van der Waals surface area contributed by atoms with Crippen LogP contribution in [0.2, 0.25) is 0 Å². The van der Waals surface area contributed by atoms with Crippen LogP contribution in [-0.4, -0.2) is 35.2 Å². The summed E-state index contributed by atoms with van der Waals surface area (Å²) >= 11 is 4.33. The molecule has 1 atom stereocenters. The first-order valence-electron chi connectivity index (χ1n) is 7.49. The van der Waals surface area contributed by atoms with Gasteiger partial charge in [0.05, 0.1) is 4.90 Å². The van der Waals surface area contributed by atoms with Crippen molar-refractivity contribution >= 4 is 46.1 Å². The Hall–Kier alpha value is -2.86. The van der Waals surface area contributed by atoms with Crippen molar-refractivity contribution < 1.29 is 31.7 Å². The minimum atomic E-state index is -4.89. The Morgan fingerprint density at radius 1 is 1.21 bits per heavy atom. The van der Waals surface area contributed by atoms with Crippen LogP contribution >= 0.6 is 12.6 Å². The summed E-state index contributed by atoms with van der Waals surface area (Å²) in [5, 5.41) is 9.12. The Balaban J connectivity index is 1.89. The maximum absolute atomic E-state index is 12.7. The second-order valence-corrected chi connectivity index (χ2v) is 7.54. The average Bonchev–Trinajstić information content (AvgIpc) is 3.23. The highest BCUT2D eigenvalue weighted by Gasteiger charge is 2.38. The van der Waals surface area contributed by atoms with Gasteiger partial charge in [-0.3, -0.25) is 4.40 Å². The number of fused-ring (bicyclic) bond motifs is 2. The molecule has 12 heteroatoms. The van der Waals surface area contributed by atoms with Crippen molar-refractivity contribution in [3.8, 4) is 11.6 Å². The Morgan fingerprint density at radius 2 is 1.96 bits per heavy atom. The number of benzene rings is 1. The number of hydrogen-bond donors (Lipinski definition) is 2. The standard InChI is InChI=1S/C16H8F3N3O4S2/c17-16(18,19)28(25)7-1-2-10-8(5-7)21-14(26-10)13-11(27)3-4-12-20-9(15(23)24)6-22(12)13/h1-6,27H,(H,23,24). The summed E-state index contributed by atoms with van der Waals surface area (Å²) in [6, 6.07) is 6.42. The van der Waals surface area contributed by atoms with Gasteiger partial charge in [-0.15, -0.1) is 12.6 Å². The van der Waals surface area contributed by atoms with Crippen LogP contribution in [0, 0.1) is 0 Å². The highest BCUT2D eigenvalue weighted by molar-refractivity contribution is 7.86. The maximum atomic E-state index is 12.7. The fourth-order valence-electron chi connectivity index (χ4n) is 2.62. The lowest BCUT2D eigenvalue weighted by atomic mass is 10.3. The van der Waals surface area contributed by atoms with E-state index < -0.39 is 27.2 Å². The topological polar surface area (TPSA) is 97.7 Å². The molecule has 7 nitrogen and oxygen atoms in total. The zero-order valence-electron chi connectivity index (χ0n) is 13.5. The van der Waals surface area contributed by atoms with Crippen LogP contribution in [0.4, 0.5) is 13.2 Å². The van der Waals surface area contributed by atoms with Crippen LogP contribution < -0.4 is 0 Å². The van der Waals surface area contributed by atoms with E-state index >= 15 is 0 Å². The van der Waals surface area contributed by atoms with E-state index in [1.165, 1.54) is 16.7 Å². The number of hydrogen-bond acceptors (Lipinski definition) is 6. The molecular weight excluding hydrogens is 419 g/mol. The molecule has 0 aliphatic rings. The number of nitrogens with zero attached hydrogens (tertiary/aromatic N) is 3. The maximum Gasteiger partial charge on any atom is 0.475 e. The molecule has 4 rings (SSSR count). The van der Waals surface area contributed by atoms with Crippen molar-refractivity contribution in [3.05, 3.63) is 42.2 Å². The number of thiol groups is 1. The second kappa shape index (κ2) is 6.34. The van der Waals surface area contributed by atoms with Gasteiger partial charge in [-0.25, -0.2) is 19.0 Å². The number of carboxylic acids is 1. The monoisotopic (exact) mass is 427 g/mol. The Kier molecular flexibility index (Phi) is 4.19. The van der Waals surface area contributed by atoms with Gasteiger partial charge in [0.2, 0.25) is 5.89 Å². The van der Waals surface area contributed by atoms with Gasteiger partial charge in [0, 0.05) is 11.1 Å². The van der Waals surface area contributed by atoms with Crippen molar-refractivity contribution in [3.63, 3.8) is 0 Å². The number of pyridine rings is 1. The molecule has 0 radical (unpaired) electrons. The van der Waals surface area contributed by atoms with Gasteiger partial charge in [-0.2, -0.15) is 13.2 Å². The molecule has 0 amide bonds. The van der Waals surface area contributed by atoms with Crippen molar-refractivity contribution in [2.24, 2.45) is 0 Å². The summed E-state index contributed by atoms with van der Waals surface area (Å²) in [5.41, 5.74) is -4.30. The van der Waals surface area contributed by atoms with Crippen LogP contribution in [0.1, 0.15) is 10.5 Å². The summed E-state index contributed by atoms with van der Waals surface area (Å²) < 4.78 is 56.6. The SMILES string of the molecule is O=C(O)c1cn2c(-c3nc4cc(S(=O)C(F)(F)F)ccc4o3)c(S)ccc2n1. The zero-order valence-corrected chi connectivity index (χ0v) is 15.2. The minimum Gasteiger partial charge on any atom is -0.476 e. The summed E-state index contributed by atoms with van der Waals surface area (Å²) in [6.07, 6.45) is 1.26. The van der Waals surface area contributed by atoms with Gasteiger partial charge in [0.25, 0.3) is 0 Å². The zero-order chi connectivity index (χ0) is 20.2. The predicted molar refractivity (Wildman–Crippen MR) is 94.9 cm³/mol. The Labute approximate surface area is 161 Å². The fraction of sp³-hybridized carbons (Fsp3) is 0.0625. The molecule has 3 aromatic heterocycles. The molecule has 3 heterocycles. The third kappa shape index (κ3) is 3.03. The van der Waals surface area contributed by atoms with Crippen LogP contribution in [0.25, 0.3) is 28.3 Å². The third-order valence-electron chi connectivity index (χ3n) is 3.81. The number of aromatic nitrogens is 3. The van der Waals surface area contributed by atoms with Crippen molar-refractivity contribution in [2.75, 3.05) is 0 Å². The van der Waals surface area contributed by atoms with Gasteiger partial charge < -0.3 is 9.52 Å². The van der Waals surface area contributed by atoms with Gasteiger partial charge in [0.1, 0.15) is 16.9 Å². The highest BCUT2D eigenvalue weighted by atomic mass is 32.2. The van der Waals surface area contributed by atoms with Crippen LogP contribution in [0.5, 0.6) is 0 Å². The van der Waals surface area contributed by atoms with Gasteiger partial charge in [-0.05, 0) is 30.3 Å². The van der Waals surface area contributed by atoms with Gasteiger partial charge in [0.15, 0.2) is 22.1 Å². The molecule has 0 bridgehead atoms. The lowest BCUT2D eigenvalue weighted by Gasteiger charge is -2.04. The molecule has 0 aliphatic heterocycles. The van der Waals surface area contributed by atoms with E-state index in [1.807, 2.05) is 0 Å². The summed E-state index contributed by atoms with van der Waals surface area (Å²) in [4.78, 5) is 19.2. The van der Waals surface area contributed by atoms with E-state index in [-0.39, 0.29) is 28.4 Å². The van der Waals surface area contributed by atoms with E-state index in [9.17, 15) is 22.2 Å². The normalized spacial score (nSPS) is 13.3. The van der Waals surface area contributed by atoms with Crippen molar-refractivity contribution in [1.82, 2.24) is 14.4 Å². The number of carboxylic acid groups (broad SMARTS) is 1. The number of oxazole rings is 1. The molecule has 1 aromatic carbocycles. The number of aromatic carboxylic acids is 1. The molecular formula is C16H8F3N3O4S2. The van der Waals surface area contributed by atoms with Crippen LogP contribution in [0.15, 0.2) is 50.7 Å². The van der Waals surface area contributed by atoms with Crippen molar-refractivity contribution in [2.45, 2.75) is 15.3 Å². The second-order valence-electron chi connectivity index (χ2n) is 5.59.